The predicted octanol–water partition coefficient (Wildman–Crippen LogP) is 2.95. The minimum atomic E-state index is 0.429. The minimum Gasteiger partial charge on any atom is -0.254 e. The molecule has 2 N–H and O–H groups in total. The molecule has 98 valence electrons. The van der Waals surface area contributed by atoms with Gasteiger partial charge in [-0.25, -0.2) is 0 Å². The maximum absolute atomic E-state index is 3.67. The van der Waals surface area contributed by atoms with E-state index in [1.165, 1.54) is 25.7 Å². The first-order valence-corrected chi connectivity index (χ1v) is 7.47. The number of nitrogens with one attached hydrogen (secondary N) is 2. The summed E-state index contributed by atoms with van der Waals surface area (Å²) < 4.78 is 0. The van der Waals surface area contributed by atoms with Crippen molar-refractivity contribution < 1.29 is 0 Å². The van der Waals surface area contributed by atoms with Gasteiger partial charge in [-0.3, -0.25) is 10.9 Å². The van der Waals surface area contributed by atoms with E-state index in [9.17, 15) is 0 Å². The highest BCUT2D eigenvalue weighted by Crippen LogP contribution is 2.53. The van der Waals surface area contributed by atoms with E-state index in [4.69, 9.17) is 0 Å². The van der Waals surface area contributed by atoms with Crippen LogP contribution >= 0.6 is 0 Å². The van der Waals surface area contributed by atoms with Crippen molar-refractivity contribution in [3.63, 3.8) is 0 Å². The standard InChI is InChI=1S/C15H28N2/c1-9-12(8-15(2,3)4)16-17-14-11-6-5-10(7-11)13(9)14/h9-14,16-17H,5-8H2,1-4H3/t9?,10-,11+,12?,13?,14?/m0/s1. The highest BCUT2D eigenvalue weighted by Gasteiger charge is 2.52. The van der Waals surface area contributed by atoms with E-state index in [1.54, 1.807) is 0 Å². The van der Waals surface area contributed by atoms with Crippen molar-refractivity contribution in [2.75, 3.05) is 0 Å². The topological polar surface area (TPSA) is 24.1 Å². The monoisotopic (exact) mass is 236 g/mol. The van der Waals surface area contributed by atoms with E-state index >= 15 is 0 Å². The van der Waals surface area contributed by atoms with Crippen LogP contribution in [-0.2, 0) is 0 Å². The number of hydrogen-bond acceptors (Lipinski definition) is 2. The molecule has 3 fully saturated rings. The summed E-state index contributed by atoms with van der Waals surface area (Å²) in [5.74, 6) is 3.78. The molecule has 0 aromatic carbocycles. The first-order valence-electron chi connectivity index (χ1n) is 7.47. The molecule has 2 nitrogen and oxygen atoms in total. The molecule has 2 heteroatoms. The molecule has 3 aliphatic rings. The van der Waals surface area contributed by atoms with Gasteiger partial charge in [0.2, 0.25) is 0 Å². The summed E-state index contributed by atoms with van der Waals surface area (Å²) in [6, 6.07) is 1.44. The fourth-order valence-corrected chi connectivity index (χ4v) is 4.81. The Morgan fingerprint density at radius 1 is 1.06 bits per heavy atom. The molecule has 1 aliphatic heterocycles. The van der Waals surface area contributed by atoms with Crippen LogP contribution in [0.25, 0.3) is 0 Å². The van der Waals surface area contributed by atoms with Crippen molar-refractivity contribution >= 4 is 0 Å². The van der Waals surface area contributed by atoms with Gasteiger partial charge < -0.3 is 0 Å². The van der Waals surface area contributed by atoms with E-state index in [1.807, 2.05) is 0 Å². The normalized spacial score (nSPS) is 49.4. The number of rotatable bonds is 1. The molecule has 2 bridgehead atoms. The third-order valence-corrected chi connectivity index (χ3v) is 5.49. The molecule has 0 radical (unpaired) electrons. The van der Waals surface area contributed by atoms with E-state index in [0.717, 1.165) is 29.7 Å². The largest absolute Gasteiger partial charge is 0.254 e. The molecule has 2 saturated carbocycles. The summed E-state index contributed by atoms with van der Waals surface area (Å²) in [5.41, 5.74) is 7.73. The molecule has 0 aromatic heterocycles. The average Bonchev–Trinajstić information content (AvgIpc) is 2.80. The Balaban J connectivity index is 1.72. The second-order valence-corrected chi connectivity index (χ2v) is 7.96. The zero-order valence-corrected chi connectivity index (χ0v) is 11.8. The lowest BCUT2D eigenvalue weighted by molar-refractivity contribution is 0.0618. The molecular formula is C15H28N2. The lowest BCUT2D eigenvalue weighted by atomic mass is 9.70. The lowest BCUT2D eigenvalue weighted by Gasteiger charge is -2.46. The lowest BCUT2D eigenvalue weighted by Crippen LogP contribution is -2.62. The quantitative estimate of drug-likeness (QED) is 0.731. The SMILES string of the molecule is CC1C(CC(C)(C)C)NNC2C1[C@H]1CC[C@@H]2C1. The molecule has 17 heavy (non-hydrogen) atoms. The van der Waals surface area contributed by atoms with E-state index in [-0.39, 0.29) is 0 Å². The zero-order chi connectivity index (χ0) is 12.2. The van der Waals surface area contributed by atoms with Gasteiger partial charge in [-0.2, -0.15) is 0 Å². The second kappa shape index (κ2) is 3.96. The van der Waals surface area contributed by atoms with Gasteiger partial charge in [-0.05, 0) is 54.8 Å². The Kier molecular flexibility index (Phi) is 2.79. The molecule has 2 aliphatic carbocycles. The maximum Gasteiger partial charge on any atom is 0.0275 e. The van der Waals surface area contributed by atoms with Gasteiger partial charge in [-0.1, -0.05) is 27.7 Å². The fraction of sp³-hybridized carbons (Fsp3) is 1.00. The van der Waals surface area contributed by atoms with Gasteiger partial charge in [0.05, 0.1) is 0 Å². The van der Waals surface area contributed by atoms with Crippen molar-refractivity contribution in [2.24, 2.45) is 29.1 Å². The van der Waals surface area contributed by atoms with E-state index in [2.05, 4.69) is 38.5 Å². The molecule has 1 heterocycles. The van der Waals surface area contributed by atoms with Crippen molar-refractivity contribution in [2.45, 2.75) is 65.5 Å². The van der Waals surface area contributed by atoms with E-state index in [0.29, 0.717) is 11.5 Å². The Bertz CT molecular complexity index is 294. The van der Waals surface area contributed by atoms with Crippen LogP contribution in [0.1, 0.15) is 53.4 Å². The van der Waals surface area contributed by atoms with Crippen LogP contribution < -0.4 is 10.9 Å². The van der Waals surface area contributed by atoms with Gasteiger partial charge in [0.1, 0.15) is 0 Å². The minimum absolute atomic E-state index is 0.429. The Hall–Kier alpha value is -0.0800. The highest BCUT2D eigenvalue weighted by molar-refractivity contribution is 5.05. The van der Waals surface area contributed by atoms with Gasteiger partial charge >= 0.3 is 0 Å². The number of hydrogen-bond donors (Lipinski definition) is 2. The number of fused-ring (bicyclic) bond motifs is 5. The van der Waals surface area contributed by atoms with Crippen molar-refractivity contribution in [3.8, 4) is 0 Å². The van der Waals surface area contributed by atoms with E-state index < -0.39 is 0 Å². The summed E-state index contributed by atoms with van der Waals surface area (Å²) in [6.45, 7) is 9.56. The molecule has 1 saturated heterocycles. The molecule has 0 aromatic rings. The summed E-state index contributed by atoms with van der Waals surface area (Å²) in [5, 5.41) is 0. The van der Waals surface area contributed by atoms with Crippen molar-refractivity contribution in [1.82, 2.24) is 10.9 Å². The summed E-state index contributed by atoms with van der Waals surface area (Å²) >= 11 is 0. The van der Waals surface area contributed by atoms with Crippen LogP contribution in [-0.4, -0.2) is 12.1 Å². The Morgan fingerprint density at radius 3 is 2.47 bits per heavy atom. The molecule has 0 spiro atoms. The first-order chi connectivity index (χ1) is 7.96. The molecule has 4 unspecified atom stereocenters. The van der Waals surface area contributed by atoms with Gasteiger partial charge in [0.25, 0.3) is 0 Å². The van der Waals surface area contributed by atoms with Crippen LogP contribution in [0.2, 0.25) is 0 Å². The number of hydrazine groups is 1. The van der Waals surface area contributed by atoms with Gasteiger partial charge in [0.15, 0.2) is 0 Å². The Morgan fingerprint density at radius 2 is 1.76 bits per heavy atom. The summed E-state index contributed by atoms with van der Waals surface area (Å²) in [4.78, 5) is 0. The predicted molar refractivity (Wildman–Crippen MR) is 71.4 cm³/mol. The van der Waals surface area contributed by atoms with Crippen LogP contribution in [0, 0.1) is 29.1 Å². The molecule has 0 amide bonds. The maximum atomic E-state index is 3.67. The first kappa shape index (κ1) is 12.0. The van der Waals surface area contributed by atoms with Gasteiger partial charge in [-0.15, -0.1) is 0 Å². The van der Waals surface area contributed by atoms with Gasteiger partial charge in [0, 0.05) is 12.1 Å². The van der Waals surface area contributed by atoms with Crippen LogP contribution in [0.15, 0.2) is 0 Å². The third-order valence-electron chi connectivity index (χ3n) is 5.49. The molecule has 3 rings (SSSR count). The smallest absolute Gasteiger partial charge is 0.0275 e. The third kappa shape index (κ3) is 2.04. The summed E-state index contributed by atoms with van der Waals surface area (Å²) in [6.07, 6.45) is 5.75. The zero-order valence-electron chi connectivity index (χ0n) is 11.8. The average molecular weight is 236 g/mol. The van der Waals surface area contributed by atoms with Crippen molar-refractivity contribution in [1.29, 1.82) is 0 Å². The second-order valence-electron chi connectivity index (χ2n) is 7.96. The Labute approximate surface area is 106 Å². The molecular weight excluding hydrogens is 208 g/mol. The summed E-state index contributed by atoms with van der Waals surface area (Å²) in [7, 11) is 0. The highest BCUT2D eigenvalue weighted by atomic mass is 15.4. The van der Waals surface area contributed by atoms with Crippen molar-refractivity contribution in [3.05, 3.63) is 0 Å². The van der Waals surface area contributed by atoms with Crippen LogP contribution in [0.4, 0.5) is 0 Å². The van der Waals surface area contributed by atoms with Crippen LogP contribution in [0.3, 0.4) is 0 Å². The van der Waals surface area contributed by atoms with Crippen LogP contribution in [0.5, 0.6) is 0 Å². The molecule has 6 atom stereocenters. The fourth-order valence-electron chi connectivity index (χ4n) is 4.81.